The molecule has 0 aromatic heterocycles. The molecule has 3 nitrogen and oxygen atoms in total. The number of hydrogen-bond acceptors (Lipinski definition) is 2. The Morgan fingerprint density at radius 2 is 1.94 bits per heavy atom. The molecule has 1 aliphatic rings. The highest BCUT2D eigenvalue weighted by Crippen LogP contribution is 2.30. The van der Waals surface area contributed by atoms with Gasteiger partial charge in [0, 0.05) is 10.9 Å². The summed E-state index contributed by atoms with van der Waals surface area (Å²) in [6.45, 7) is 3.92. The number of hydrogen-bond donors (Lipinski definition) is 1. The number of amides is 1. The second-order valence-corrected chi connectivity index (χ2v) is 5.31. The lowest BCUT2D eigenvalue weighted by atomic mass is 9.91. The molecular formula is C14H19ClN2O. The highest BCUT2D eigenvalue weighted by Gasteiger charge is 2.32. The molecule has 0 radical (unpaired) electrons. The van der Waals surface area contributed by atoms with Crippen molar-refractivity contribution < 1.29 is 4.79 Å². The molecule has 1 aromatic rings. The molecule has 1 saturated heterocycles. The number of carbonyl (C=O) groups excluding carboxylic acids is 1. The van der Waals surface area contributed by atoms with E-state index >= 15 is 0 Å². The van der Waals surface area contributed by atoms with E-state index in [-0.39, 0.29) is 17.9 Å². The first-order chi connectivity index (χ1) is 8.61. The molecule has 1 fully saturated rings. The van der Waals surface area contributed by atoms with Crippen LogP contribution in [0.25, 0.3) is 0 Å². The van der Waals surface area contributed by atoms with E-state index in [9.17, 15) is 4.79 Å². The fourth-order valence-electron chi connectivity index (χ4n) is 2.78. The second-order valence-electron chi connectivity index (χ2n) is 4.90. The van der Waals surface area contributed by atoms with E-state index in [4.69, 9.17) is 17.3 Å². The van der Waals surface area contributed by atoms with Crippen molar-refractivity contribution in [3.05, 3.63) is 34.9 Å². The Kier molecular flexibility index (Phi) is 4.25. The van der Waals surface area contributed by atoms with Gasteiger partial charge in [-0.25, -0.2) is 0 Å². The molecule has 0 saturated carbocycles. The number of rotatable bonds is 4. The first kappa shape index (κ1) is 13.4. The fraction of sp³-hybridized carbons (Fsp3) is 0.500. The average Bonchev–Trinajstić information content (AvgIpc) is 2.82. The Hall–Kier alpha value is -1.06. The largest absolute Gasteiger partial charge is 0.368 e. The molecule has 2 atom stereocenters. The van der Waals surface area contributed by atoms with Crippen LogP contribution in [0, 0.1) is 0 Å². The topological polar surface area (TPSA) is 46.3 Å². The number of carbonyl (C=O) groups is 1. The monoisotopic (exact) mass is 266 g/mol. The van der Waals surface area contributed by atoms with Gasteiger partial charge in [0.1, 0.15) is 0 Å². The van der Waals surface area contributed by atoms with E-state index in [1.165, 1.54) is 0 Å². The molecule has 2 rings (SSSR count). The van der Waals surface area contributed by atoms with Crippen LogP contribution in [0.4, 0.5) is 0 Å². The normalized spacial score (nSPS) is 19.7. The van der Waals surface area contributed by atoms with Crippen LogP contribution >= 0.6 is 11.6 Å². The van der Waals surface area contributed by atoms with Crippen LogP contribution < -0.4 is 5.73 Å². The van der Waals surface area contributed by atoms with Crippen molar-refractivity contribution in [2.75, 3.05) is 13.1 Å². The second kappa shape index (κ2) is 5.72. The lowest BCUT2D eigenvalue weighted by Gasteiger charge is -2.30. The smallest absolute Gasteiger partial charge is 0.235 e. The van der Waals surface area contributed by atoms with Crippen LogP contribution in [0.15, 0.2) is 24.3 Å². The van der Waals surface area contributed by atoms with Crippen molar-refractivity contribution in [1.29, 1.82) is 0 Å². The SMILES string of the molecule is CC(c1ccccc1Cl)C(C(N)=O)N1CCCC1. The molecule has 1 aromatic carbocycles. The summed E-state index contributed by atoms with van der Waals surface area (Å²) in [6.07, 6.45) is 2.28. The molecular weight excluding hydrogens is 248 g/mol. The van der Waals surface area contributed by atoms with Crippen molar-refractivity contribution >= 4 is 17.5 Å². The third-order valence-electron chi connectivity index (χ3n) is 3.69. The van der Waals surface area contributed by atoms with Crippen molar-refractivity contribution in [3.63, 3.8) is 0 Å². The third kappa shape index (κ3) is 2.68. The minimum atomic E-state index is -0.260. The maximum atomic E-state index is 11.8. The predicted octanol–water partition coefficient (Wildman–Crippen LogP) is 2.39. The fourth-order valence-corrected chi connectivity index (χ4v) is 3.08. The van der Waals surface area contributed by atoms with Crippen LogP contribution in [0.5, 0.6) is 0 Å². The van der Waals surface area contributed by atoms with Gasteiger partial charge in [-0.1, -0.05) is 36.7 Å². The highest BCUT2D eigenvalue weighted by molar-refractivity contribution is 6.31. The average molecular weight is 267 g/mol. The van der Waals surface area contributed by atoms with Crippen molar-refractivity contribution in [1.82, 2.24) is 4.90 Å². The van der Waals surface area contributed by atoms with Gasteiger partial charge in [-0.2, -0.15) is 0 Å². The van der Waals surface area contributed by atoms with Crippen LogP contribution in [-0.2, 0) is 4.79 Å². The van der Waals surface area contributed by atoms with Crippen LogP contribution in [-0.4, -0.2) is 29.9 Å². The summed E-state index contributed by atoms with van der Waals surface area (Å²) < 4.78 is 0. The van der Waals surface area contributed by atoms with E-state index < -0.39 is 0 Å². The molecule has 0 bridgehead atoms. The van der Waals surface area contributed by atoms with Crippen LogP contribution in [0.1, 0.15) is 31.2 Å². The summed E-state index contributed by atoms with van der Waals surface area (Å²) in [5.74, 6) is -0.237. The molecule has 1 heterocycles. The number of nitrogens with zero attached hydrogens (tertiary/aromatic N) is 1. The first-order valence-electron chi connectivity index (χ1n) is 6.39. The van der Waals surface area contributed by atoms with E-state index in [1.807, 2.05) is 31.2 Å². The standard InChI is InChI=1S/C14H19ClN2O/c1-10(11-6-2-3-7-12(11)15)13(14(16)18)17-8-4-5-9-17/h2-3,6-7,10,13H,4-5,8-9H2,1H3,(H2,16,18). The molecule has 2 N–H and O–H groups in total. The van der Waals surface area contributed by atoms with Gasteiger partial charge < -0.3 is 5.73 Å². The summed E-state index contributed by atoms with van der Waals surface area (Å²) in [5, 5.41) is 0.704. The Morgan fingerprint density at radius 1 is 1.33 bits per heavy atom. The van der Waals surface area contributed by atoms with Crippen LogP contribution in [0.3, 0.4) is 0 Å². The van der Waals surface area contributed by atoms with Crippen LogP contribution in [0.2, 0.25) is 5.02 Å². The minimum Gasteiger partial charge on any atom is -0.368 e. The molecule has 1 aliphatic heterocycles. The molecule has 98 valence electrons. The lowest BCUT2D eigenvalue weighted by molar-refractivity contribution is -0.123. The quantitative estimate of drug-likeness (QED) is 0.910. The maximum Gasteiger partial charge on any atom is 0.235 e. The molecule has 18 heavy (non-hydrogen) atoms. The van der Waals surface area contributed by atoms with Crippen molar-refractivity contribution in [2.24, 2.45) is 5.73 Å². The summed E-state index contributed by atoms with van der Waals surface area (Å²) in [4.78, 5) is 13.9. The third-order valence-corrected chi connectivity index (χ3v) is 4.04. The van der Waals surface area contributed by atoms with Gasteiger partial charge in [-0.15, -0.1) is 0 Å². The number of nitrogens with two attached hydrogens (primary N) is 1. The Balaban J connectivity index is 2.25. The van der Waals surface area contributed by atoms with Crippen molar-refractivity contribution in [3.8, 4) is 0 Å². The summed E-state index contributed by atoms with van der Waals surface area (Å²) in [6, 6.07) is 7.41. The molecule has 0 spiro atoms. The number of primary amides is 1. The zero-order valence-corrected chi connectivity index (χ0v) is 11.4. The zero-order chi connectivity index (χ0) is 13.1. The molecule has 2 unspecified atom stereocenters. The van der Waals surface area contributed by atoms with Gasteiger partial charge in [0.2, 0.25) is 5.91 Å². The van der Waals surface area contributed by atoms with E-state index in [2.05, 4.69) is 4.90 Å². The summed E-state index contributed by atoms with van der Waals surface area (Å²) >= 11 is 6.20. The van der Waals surface area contributed by atoms with E-state index in [1.54, 1.807) is 0 Å². The lowest BCUT2D eigenvalue weighted by Crippen LogP contribution is -2.46. The van der Waals surface area contributed by atoms with Gasteiger partial charge >= 0.3 is 0 Å². The van der Waals surface area contributed by atoms with E-state index in [0.717, 1.165) is 31.5 Å². The number of halogens is 1. The molecule has 1 amide bonds. The maximum absolute atomic E-state index is 11.8. The first-order valence-corrected chi connectivity index (χ1v) is 6.77. The predicted molar refractivity (Wildman–Crippen MR) is 73.7 cm³/mol. The summed E-state index contributed by atoms with van der Waals surface area (Å²) in [7, 11) is 0. The number of likely N-dealkylation sites (tertiary alicyclic amines) is 1. The molecule has 4 heteroatoms. The van der Waals surface area contributed by atoms with Gasteiger partial charge in [-0.05, 0) is 37.6 Å². The summed E-state index contributed by atoms with van der Waals surface area (Å²) in [5.41, 5.74) is 6.58. The minimum absolute atomic E-state index is 0.0225. The Morgan fingerprint density at radius 3 is 2.50 bits per heavy atom. The zero-order valence-electron chi connectivity index (χ0n) is 10.6. The van der Waals surface area contributed by atoms with Crippen molar-refractivity contribution in [2.45, 2.75) is 31.7 Å². The van der Waals surface area contributed by atoms with Gasteiger partial charge in [0.25, 0.3) is 0 Å². The van der Waals surface area contributed by atoms with E-state index in [0.29, 0.717) is 5.02 Å². The Bertz CT molecular complexity index is 430. The van der Waals surface area contributed by atoms with Gasteiger partial charge in [0.05, 0.1) is 6.04 Å². The Labute approximate surface area is 113 Å². The number of benzene rings is 1. The van der Waals surface area contributed by atoms with Gasteiger partial charge in [-0.3, -0.25) is 9.69 Å². The van der Waals surface area contributed by atoms with Gasteiger partial charge in [0.15, 0.2) is 0 Å². The highest BCUT2D eigenvalue weighted by atomic mass is 35.5. The molecule has 0 aliphatic carbocycles.